The molecule has 1 heterocycles. The Morgan fingerprint density at radius 1 is 0.933 bits per heavy atom. The SMILES string of the molecule is CN(CC(=O)NC(C)(C)C)C(=O)CN1CCN(CC(=O)NCc2ccccc2)CC1. The first kappa shape index (κ1) is 23.8. The Hall–Kier alpha value is -2.45. The van der Waals surface area contributed by atoms with Gasteiger partial charge in [-0.25, -0.2) is 0 Å². The summed E-state index contributed by atoms with van der Waals surface area (Å²) in [6.07, 6.45) is 0. The van der Waals surface area contributed by atoms with Gasteiger partial charge in [-0.3, -0.25) is 24.2 Å². The van der Waals surface area contributed by atoms with Gasteiger partial charge in [0.1, 0.15) is 0 Å². The molecule has 1 fully saturated rings. The largest absolute Gasteiger partial charge is 0.351 e. The van der Waals surface area contributed by atoms with E-state index in [9.17, 15) is 14.4 Å². The van der Waals surface area contributed by atoms with Gasteiger partial charge in [-0.15, -0.1) is 0 Å². The van der Waals surface area contributed by atoms with E-state index in [2.05, 4.69) is 20.4 Å². The van der Waals surface area contributed by atoms with Crippen LogP contribution in [0, 0.1) is 0 Å². The van der Waals surface area contributed by atoms with Crippen LogP contribution in [0.5, 0.6) is 0 Å². The number of amides is 3. The third-order valence-electron chi connectivity index (χ3n) is 4.84. The summed E-state index contributed by atoms with van der Waals surface area (Å²) in [5, 5.41) is 5.81. The highest BCUT2D eigenvalue weighted by Gasteiger charge is 2.23. The molecule has 2 rings (SSSR count). The first-order chi connectivity index (χ1) is 14.1. The molecule has 1 aliphatic heterocycles. The van der Waals surface area contributed by atoms with Crippen LogP contribution in [0.3, 0.4) is 0 Å². The molecule has 1 saturated heterocycles. The van der Waals surface area contributed by atoms with Gasteiger partial charge in [-0.1, -0.05) is 30.3 Å². The Morgan fingerprint density at radius 3 is 2.07 bits per heavy atom. The predicted molar refractivity (Wildman–Crippen MR) is 117 cm³/mol. The summed E-state index contributed by atoms with van der Waals surface area (Å²) in [6.45, 7) is 9.88. The zero-order valence-electron chi connectivity index (χ0n) is 18.6. The maximum atomic E-state index is 12.4. The Labute approximate surface area is 179 Å². The highest BCUT2D eigenvalue weighted by atomic mass is 16.2. The summed E-state index contributed by atoms with van der Waals surface area (Å²) in [7, 11) is 1.65. The molecule has 0 radical (unpaired) electrons. The number of piperazine rings is 1. The van der Waals surface area contributed by atoms with Crippen LogP contribution >= 0.6 is 0 Å². The molecule has 0 bridgehead atoms. The van der Waals surface area contributed by atoms with E-state index in [1.165, 1.54) is 4.90 Å². The minimum atomic E-state index is -0.315. The molecule has 1 aliphatic rings. The van der Waals surface area contributed by atoms with Crippen molar-refractivity contribution in [1.29, 1.82) is 0 Å². The van der Waals surface area contributed by atoms with Crippen molar-refractivity contribution < 1.29 is 14.4 Å². The van der Waals surface area contributed by atoms with Crippen LogP contribution < -0.4 is 10.6 Å². The standard InChI is InChI=1S/C22H35N5O3/c1-22(2,3)24-20(29)15-25(4)21(30)17-27-12-10-26(11-13-27)16-19(28)23-14-18-8-6-5-7-9-18/h5-9H,10-17H2,1-4H3,(H,23,28)(H,24,29). The highest BCUT2D eigenvalue weighted by molar-refractivity contribution is 5.85. The molecule has 0 saturated carbocycles. The minimum absolute atomic E-state index is 0.00738. The maximum absolute atomic E-state index is 12.4. The van der Waals surface area contributed by atoms with Crippen LogP contribution in [0.1, 0.15) is 26.3 Å². The second kappa shape index (κ2) is 11.1. The Balaban J connectivity index is 1.65. The molecule has 0 aliphatic carbocycles. The Kier molecular flexibility index (Phi) is 8.80. The van der Waals surface area contributed by atoms with Crippen LogP contribution in [0.4, 0.5) is 0 Å². The molecule has 8 nitrogen and oxygen atoms in total. The van der Waals surface area contributed by atoms with Gasteiger partial charge in [0, 0.05) is 45.3 Å². The van der Waals surface area contributed by atoms with Gasteiger partial charge in [0.25, 0.3) is 0 Å². The monoisotopic (exact) mass is 417 g/mol. The van der Waals surface area contributed by atoms with Gasteiger partial charge < -0.3 is 15.5 Å². The summed E-state index contributed by atoms with van der Waals surface area (Å²) in [6, 6.07) is 9.83. The molecule has 0 aromatic heterocycles. The quantitative estimate of drug-likeness (QED) is 0.635. The Morgan fingerprint density at radius 2 is 1.50 bits per heavy atom. The van der Waals surface area contributed by atoms with E-state index in [-0.39, 0.29) is 36.3 Å². The molecule has 0 unspecified atom stereocenters. The van der Waals surface area contributed by atoms with E-state index in [0.717, 1.165) is 31.7 Å². The summed E-state index contributed by atoms with van der Waals surface area (Å²) in [5.41, 5.74) is 0.763. The van der Waals surface area contributed by atoms with Crippen molar-refractivity contribution in [1.82, 2.24) is 25.3 Å². The lowest BCUT2D eigenvalue weighted by molar-refractivity contribution is -0.136. The Bertz CT molecular complexity index is 709. The maximum Gasteiger partial charge on any atom is 0.240 e. The number of carbonyl (C=O) groups is 3. The van der Waals surface area contributed by atoms with Gasteiger partial charge >= 0.3 is 0 Å². The molecular formula is C22H35N5O3. The molecule has 3 amide bonds. The number of nitrogens with zero attached hydrogens (tertiary/aromatic N) is 3. The van der Waals surface area contributed by atoms with E-state index in [4.69, 9.17) is 0 Å². The fourth-order valence-electron chi connectivity index (χ4n) is 3.23. The van der Waals surface area contributed by atoms with Crippen molar-refractivity contribution in [2.45, 2.75) is 32.9 Å². The van der Waals surface area contributed by atoms with Gasteiger partial charge in [-0.2, -0.15) is 0 Å². The number of rotatable bonds is 8. The average Bonchev–Trinajstić information content (AvgIpc) is 2.67. The van der Waals surface area contributed by atoms with Crippen molar-refractivity contribution >= 4 is 17.7 Å². The van der Waals surface area contributed by atoms with Crippen molar-refractivity contribution in [3.05, 3.63) is 35.9 Å². The molecule has 166 valence electrons. The molecule has 30 heavy (non-hydrogen) atoms. The molecule has 0 spiro atoms. The number of hydrogen-bond donors (Lipinski definition) is 2. The van der Waals surface area contributed by atoms with Gasteiger partial charge in [0.2, 0.25) is 17.7 Å². The van der Waals surface area contributed by atoms with Gasteiger partial charge in [0.05, 0.1) is 19.6 Å². The van der Waals surface area contributed by atoms with E-state index in [1.807, 2.05) is 51.1 Å². The number of likely N-dealkylation sites (N-methyl/N-ethyl adjacent to an activating group) is 1. The third-order valence-corrected chi connectivity index (χ3v) is 4.84. The predicted octanol–water partition coefficient (Wildman–Crippen LogP) is 0.294. The first-order valence-corrected chi connectivity index (χ1v) is 10.4. The number of nitrogens with one attached hydrogen (secondary N) is 2. The van der Waals surface area contributed by atoms with E-state index < -0.39 is 0 Å². The average molecular weight is 418 g/mol. The van der Waals surface area contributed by atoms with E-state index in [1.54, 1.807) is 7.05 Å². The van der Waals surface area contributed by atoms with Crippen molar-refractivity contribution in [3.63, 3.8) is 0 Å². The van der Waals surface area contributed by atoms with E-state index >= 15 is 0 Å². The number of carbonyl (C=O) groups excluding carboxylic acids is 3. The fraction of sp³-hybridized carbons (Fsp3) is 0.591. The van der Waals surface area contributed by atoms with Crippen molar-refractivity contribution in [2.75, 3.05) is 52.9 Å². The second-order valence-corrected chi connectivity index (χ2v) is 8.86. The molecule has 2 N–H and O–H groups in total. The van der Waals surface area contributed by atoms with E-state index in [0.29, 0.717) is 13.1 Å². The molecule has 1 aromatic rings. The topological polar surface area (TPSA) is 85.0 Å². The van der Waals surface area contributed by atoms with Crippen LogP contribution in [0.2, 0.25) is 0 Å². The second-order valence-electron chi connectivity index (χ2n) is 8.86. The zero-order chi connectivity index (χ0) is 22.1. The lowest BCUT2D eigenvalue weighted by Crippen LogP contribution is -2.52. The summed E-state index contributed by atoms with van der Waals surface area (Å²) in [4.78, 5) is 42.2. The minimum Gasteiger partial charge on any atom is -0.351 e. The zero-order valence-corrected chi connectivity index (χ0v) is 18.6. The van der Waals surface area contributed by atoms with Crippen molar-refractivity contribution in [3.8, 4) is 0 Å². The van der Waals surface area contributed by atoms with Crippen LogP contribution in [-0.4, -0.2) is 90.8 Å². The lowest BCUT2D eigenvalue weighted by atomic mass is 10.1. The number of hydrogen-bond acceptors (Lipinski definition) is 5. The van der Waals surface area contributed by atoms with Crippen molar-refractivity contribution in [2.24, 2.45) is 0 Å². The summed E-state index contributed by atoms with van der Waals surface area (Å²) >= 11 is 0. The molecule has 0 atom stereocenters. The van der Waals surface area contributed by atoms with Gasteiger partial charge in [0.15, 0.2) is 0 Å². The highest BCUT2D eigenvalue weighted by Crippen LogP contribution is 2.04. The summed E-state index contributed by atoms with van der Waals surface area (Å²) in [5.74, 6) is -0.231. The molecule has 1 aromatic carbocycles. The number of benzene rings is 1. The first-order valence-electron chi connectivity index (χ1n) is 10.4. The van der Waals surface area contributed by atoms with Crippen LogP contribution in [-0.2, 0) is 20.9 Å². The van der Waals surface area contributed by atoms with Gasteiger partial charge in [-0.05, 0) is 26.3 Å². The molecule has 8 heteroatoms. The van der Waals surface area contributed by atoms with Crippen LogP contribution in [0.25, 0.3) is 0 Å². The smallest absolute Gasteiger partial charge is 0.240 e. The third kappa shape index (κ3) is 8.92. The molecular weight excluding hydrogens is 382 g/mol. The van der Waals surface area contributed by atoms with Crippen LogP contribution in [0.15, 0.2) is 30.3 Å². The summed E-state index contributed by atoms with van der Waals surface area (Å²) < 4.78 is 0. The fourth-order valence-corrected chi connectivity index (χ4v) is 3.23. The lowest BCUT2D eigenvalue weighted by Gasteiger charge is -2.34. The normalized spacial score (nSPS) is 15.5.